The van der Waals surface area contributed by atoms with Gasteiger partial charge in [0.15, 0.2) is 0 Å². The van der Waals surface area contributed by atoms with Gasteiger partial charge < -0.3 is 9.55 Å². The lowest BCUT2D eigenvalue weighted by Crippen LogP contribution is -2.38. The molecule has 5 heteroatoms. The lowest BCUT2D eigenvalue weighted by Gasteiger charge is -2.24. The Bertz CT molecular complexity index is 377. The van der Waals surface area contributed by atoms with Crippen molar-refractivity contribution in [2.45, 2.75) is 33.5 Å². The molecule has 0 saturated carbocycles. The van der Waals surface area contributed by atoms with E-state index in [4.69, 9.17) is 4.74 Å². The van der Waals surface area contributed by atoms with Crippen LogP contribution in [0.1, 0.15) is 27.2 Å². The fourth-order valence-corrected chi connectivity index (χ4v) is 1.72. The number of nitrogens with zero attached hydrogens (tertiary/aromatic N) is 2. The maximum atomic E-state index is 12.0. The molecule has 1 heterocycles. The highest BCUT2D eigenvalue weighted by atomic mass is 16.6. The number of amides is 1. The Labute approximate surface area is 110 Å². The molecule has 1 aliphatic heterocycles. The third kappa shape index (κ3) is 4.78. The molecule has 1 aliphatic rings. The van der Waals surface area contributed by atoms with E-state index in [1.54, 1.807) is 10.9 Å². The maximum Gasteiger partial charge on any atom is 0.402 e. The first kappa shape index (κ1) is 14.5. The number of cyclic esters (lactones) is 1. The van der Waals surface area contributed by atoms with Crippen molar-refractivity contribution < 1.29 is 9.53 Å². The van der Waals surface area contributed by atoms with E-state index >= 15 is 0 Å². The third-order valence-corrected chi connectivity index (χ3v) is 2.67. The van der Waals surface area contributed by atoms with E-state index in [0.29, 0.717) is 19.7 Å². The van der Waals surface area contributed by atoms with Crippen LogP contribution in [0.25, 0.3) is 0 Å². The van der Waals surface area contributed by atoms with Crippen LogP contribution in [-0.2, 0) is 4.74 Å². The van der Waals surface area contributed by atoms with E-state index in [9.17, 15) is 4.79 Å². The van der Waals surface area contributed by atoms with E-state index in [1.165, 1.54) is 0 Å². The van der Waals surface area contributed by atoms with Crippen molar-refractivity contribution in [1.82, 2.24) is 4.81 Å². The zero-order valence-corrected chi connectivity index (χ0v) is 11.5. The van der Waals surface area contributed by atoms with Crippen molar-refractivity contribution in [2.24, 2.45) is 10.9 Å². The van der Waals surface area contributed by atoms with Crippen molar-refractivity contribution >= 4 is 19.7 Å². The average molecular weight is 248 g/mol. The normalized spacial score (nSPS) is 26.1. The summed E-state index contributed by atoms with van der Waals surface area (Å²) in [6.45, 7) is 10.3. The van der Waals surface area contributed by atoms with Crippen LogP contribution in [0.3, 0.4) is 0 Å². The monoisotopic (exact) mass is 248 g/mol. The Morgan fingerprint density at radius 1 is 1.67 bits per heavy atom. The maximum absolute atomic E-state index is 12.0. The van der Waals surface area contributed by atoms with Crippen molar-refractivity contribution in [3.8, 4) is 0 Å². The fourth-order valence-electron chi connectivity index (χ4n) is 1.72. The summed E-state index contributed by atoms with van der Waals surface area (Å²) in [4.78, 5) is 18.0. The molecule has 98 valence electrons. The summed E-state index contributed by atoms with van der Waals surface area (Å²) in [6.07, 6.45) is 5.24. The predicted octanol–water partition coefficient (Wildman–Crippen LogP) is 2.74. The summed E-state index contributed by atoms with van der Waals surface area (Å²) in [6, 6.07) is 0. The SMILES string of the molecule is C=C1/C=C(C)\N=C/C(C)CN(BCCC)C(=O)O1. The standard InChI is InChI=1S/C13H21BN2O2/c1-5-6-14-16-9-10(2)8-15-11(3)7-12(4)18-13(16)17/h7-8,10,14H,4-6,9H2,1-3H3/b11-7-,15-8-. The molecule has 0 N–H and O–H groups in total. The van der Waals surface area contributed by atoms with Gasteiger partial charge in [0.2, 0.25) is 7.41 Å². The van der Waals surface area contributed by atoms with Crippen LogP contribution in [-0.4, -0.2) is 31.1 Å². The van der Waals surface area contributed by atoms with Gasteiger partial charge in [0, 0.05) is 30.5 Å². The fraction of sp³-hybridized carbons (Fsp3) is 0.538. The van der Waals surface area contributed by atoms with Gasteiger partial charge in [-0.1, -0.05) is 33.2 Å². The third-order valence-electron chi connectivity index (χ3n) is 2.67. The van der Waals surface area contributed by atoms with Gasteiger partial charge in [0.25, 0.3) is 0 Å². The molecule has 0 aromatic carbocycles. The first-order chi connectivity index (χ1) is 8.52. The number of allylic oxidation sites excluding steroid dienone is 2. The van der Waals surface area contributed by atoms with Crippen LogP contribution in [0.5, 0.6) is 0 Å². The summed E-state index contributed by atoms with van der Waals surface area (Å²) in [5.41, 5.74) is 0.793. The highest BCUT2D eigenvalue weighted by Gasteiger charge is 2.19. The molecule has 1 unspecified atom stereocenters. The predicted molar refractivity (Wildman–Crippen MR) is 76.0 cm³/mol. The van der Waals surface area contributed by atoms with Gasteiger partial charge in [0.05, 0.1) is 0 Å². The van der Waals surface area contributed by atoms with Gasteiger partial charge in [-0.05, 0) is 6.92 Å². The number of ether oxygens (including phenoxy) is 1. The van der Waals surface area contributed by atoms with E-state index in [-0.39, 0.29) is 12.0 Å². The summed E-state index contributed by atoms with van der Waals surface area (Å²) in [5.74, 6) is 0.551. The molecule has 0 fully saturated rings. The summed E-state index contributed by atoms with van der Waals surface area (Å²) >= 11 is 0. The molecule has 0 aromatic rings. The van der Waals surface area contributed by atoms with E-state index in [0.717, 1.165) is 18.4 Å². The Hall–Kier alpha value is -1.52. The number of hydrogen-bond acceptors (Lipinski definition) is 3. The zero-order chi connectivity index (χ0) is 13.5. The van der Waals surface area contributed by atoms with Crippen LogP contribution >= 0.6 is 0 Å². The molecule has 0 aromatic heterocycles. The Kier molecular flexibility index (Phi) is 5.69. The Morgan fingerprint density at radius 2 is 2.39 bits per heavy atom. The van der Waals surface area contributed by atoms with Crippen LogP contribution in [0.4, 0.5) is 4.79 Å². The molecule has 1 atom stereocenters. The number of carbonyl (C=O) groups is 1. The minimum Gasteiger partial charge on any atom is -0.412 e. The highest BCUT2D eigenvalue weighted by Crippen LogP contribution is 2.11. The van der Waals surface area contributed by atoms with Crippen LogP contribution in [0.15, 0.2) is 29.1 Å². The van der Waals surface area contributed by atoms with Gasteiger partial charge in [-0.2, -0.15) is 0 Å². The smallest absolute Gasteiger partial charge is 0.402 e. The molecule has 18 heavy (non-hydrogen) atoms. The Morgan fingerprint density at radius 3 is 3.06 bits per heavy atom. The first-order valence-electron chi connectivity index (χ1n) is 6.41. The lowest BCUT2D eigenvalue weighted by molar-refractivity contribution is 0.155. The molecular weight excluding hydrogens is 227 g/mol. The van der Waals surface area contributed by atoms with Crippen LogP contribution in [0.2, 0.25) is 6.32 Å². The number of aliphatic imine (C=N–C) groups is 1. The molecule has 0 saturated heterocycles. The van der Waals surface area contributed by atoms with Crippen molar-refractivity contribution in [2.75, 3.05) is 6.54 Å². The summed E-state index contributed by atoms with van der Waals surface area (Å²) in [5, 5.41) is 0. The second-order valence-corrected chi connectivity index (χ2v) is 4.68. The average Bonchev–Trinajstić information content (AvgIpc) is 2.30. The highest BCUT2D eigenvalue weighted by molar-refractivity contribution is 6.36. The molecule has 0 spiro atoms. The van der Waals surface area contributed by atoms with Crippen molar-refractivity contribution in [3.63, 3.8) is 0 Å². The molecule has 0 radical (unpaired) electrons. The first-order valence-corrected chi connectivity index (χ1v) is 6.41. The van der Waals surface area contributed by atoms with Crippen molar-refractivity contribution in [3.05, 3.63) is 24.1 Å². The largest absolute Gasteiger partial charge is 0.412 e. The summed E-state index contributed by atoms with van der Waals surface area (Å²) in [7, 11) is 0.712. The van der Waals surface area contributed by atoms with Gasteiger partial charge >= 0.3 is 6.09 Å². The molecule has 1 rings (SSSR count). The quantitative estimate of drug-likeness (QED) is 0.720. The molecule has 4 nitrogen and oxygen atoms in total. The second kappa shape index (κ2) is 7.04. The molecule has 0 bridgehead atoms. The minimum atomic E-state index is -0.320. The van der Waals surface area contributed by atoms with Gasteiger partial charge in [0.1, 0.15) is 5.76 Å². The topological polar surface area (TPSA) is 41.9 Å². The zero-order valence-electron chi connectivity index (χ0n) is 11.5. The summed E-state index contributed by atoms with van der Waals surface area (Å²) < 4.78 is 5.20. The van der Waals surface area contributed by atoms with E-state index < -0.39 is 0 Å². The van der Waals surface area contributed by atoms with Gasteiger partial charge in [-0.25, -0.2) is 4.79 Å². The molecular formula is C13H21BN2O2. The van der Waals surface area contributed by atoms with Crippen molar-refractivity contribution in [1.29, 1.82) is 0 Å². The van der Waals surface area contributed by atoms with Crippen LogP contribution < -0.4 is 0 Å². The molecule has 0 aliphatic carbocycles. The Balaban J connectivity index is 2.82. The number of carbonyl (C=O) groups excluding carboxylic acids is 1. The number of hydrogen-bond donors (Lipinski definition) is 0. The van der Waals surface area contributed by atoms with E-state index in [2.05, 4.69) is 18.5 Å². The van der Waals surface area contributed by atoms with Gasteiger partial charge in [-0.3, -0.25) is 4.99 Å². The second-order valence-electron chi connectivity index (χ2n) is 4.68. The minimum absolute atomic E-state index is 0.212. The molecule has 1 amide bonds. The van der Waals surface area contributed by atoms with E-state index in [1.807, 2.05) is 20.1 Å². The van der Waals surface area contributed by atoms with Crippen LogP contribution in [0, 0.1) is 5.92 Å². The number of rotatable bonds is 3. The lowest BCUT2D eigenvalue weighted by atomic mass is 9.84. The van der Waals surface area contributed by atoms with Gasteiger partial charge in [-0.15, -0.1) is 0 Å².